The zero-order valence-electron chi connectivity index (χ0n) is 19.2. The molecule has 3 atom stereocenters. The molecule has 3 rings (SSSR count). The Kier molecular flexibility index (Phi) is 7.71. The van der Waals surface area contributed by atoms with Crippen molar-refractivity contribution in [2.75, 3.05) is 27.6 Å². The van der Waals surface area contributed by atoms with Crippen molar-refractivity contribution in [1.82, 2.24) is 5.32 Å². The number of benzene rings is 1. The number of methoxy groups -OCH3 is 2. The minimum atomic E-state index is -0.855. The molecule has 1 aromatic carbocycles. The Labute approximate surface area is 188 Å². The summed E-state index contributed by atoms with van der Waals surface area (Å²) in [5, 5.41) is 2.92. The second kappa shape index (κ2) is 10.3. The van der Waals surface area contributed by atoms with Gasteiger partial charge in [-0.05, 0) is 43.9 Å². The van der Waals surface area contributed by atoms with Gasteiger partial charge in [0.05, 0.1) is 18.8 Å². The highest BCUT2D eigenvalue weighted by atomic mass is 16.8. The maximum atomic E-state index is 13.1. The van der Waals surface area contributed by atoms with Gasteiger partial charge in [0.25, 0.3) is 5.91 Å². The fourth-order valence-electron chi connectivity index (χ4n) is 3.68. The van der Waals surface area contributed by atoms with Crippen molar-refractivity contribution in [3.8, 4) is 11.5 Å². The van der Waals surface area contributed by atoms with Gasteiger partial charge in [-0.25, -0.2) is 0 Å². The van der Waals surface area contributed by atoms with Crippen LogP contribution in [0.15, 0.2) is 30.4 Å². The van der Waals surface area contributed by atoms with Gasteiger partial charge in [0.2, 0.25) is 0 Å². The fourth-order valence-corrected chi connectivity index (χ4v) is 3.68. The summed E-state index contributed by atoms with van der Waals surface area (Å²) in [7, 11) is 3.06. The number of amides is 1. The lowest BCUT2D eigenvalue weighted by molar-refractivity contribution is -0.152. The summed E-state index contributed by atoms with van der Waals surface area (Å²) in [6.07, 6.45) is 6.24. The number of ketones is 1. The van der Waals surface area contributed by atoms with Crippen LogP contribution >= 0.6 is 0 Å². The Hall–Kier alpha value is -2.68. The topological polar surface area (TPSA) is 92.3 Å². The molecule has 0 aliphatic carbocycles. The number of nitrogens with one attached hydrogen (secondary N) is 1. The summed E-state index contributed by atoms with van der Waals surface area (Å²) < 4.78 is 27.9. The predicted octanol–water partition coefficient (Wildman–Crippen LogP) is 3.11. The summed E-state index contributed by atoms with van der Waals surface area (Å²) in [5.74, 6) is -0.470. The number of ether oxygens (including phenoxy) is 5. The SMILES string of the molecule is COCOc1cc(OC)cc2c1C(=O)NC[C@H](C)/C=C\C(=O)C1OC(C)(C)OC1CC=C2. The zero-order valence-corrected chi connectivity index (χ0v) is 19.2. The van der Waals surface area contributed by atoms with Gasteiger partial charge in [-0.1, -0.05) is 25.2 Å². The van der Waals surface area contributed by atoms with E-state index in [4.69, 9.17) is 23.7 Å². The Morgan fingerprint density at radius 1 is 1.16 bits per heavy atom. The minimum Gasteiger partial charge on any atom is -0.497 e. The molecule has 1 saturated heterocycles. The molecular weight excluding hydrogens is 414 g/mol. The highest BCUT2D eigenvalue weighted by molar-refractivity contribution is 6.01. The van der Waals surface area contributed by atoms with Gasteiger partial charge in [0, 0.05) is 19.7 Å². The van der Waals surface area contributed by atoms with Crippen molar-refractivity contribution < 1.29 is 33.3 Å². The molecule has 0 aromatic heterocycles. The molecule has 0 saturated carbocycles. The van der Waals surface area contributed by atoms with E-state index >= 15 is 0 Å². The molecule has 174 valence electrons. The van der Waals surface area contributed by atoms with Crippen LogP contribution < -0.4 is 14.8 Å². The second-order valence-electron chi connectivity index (χ2n) is 8.32. The third-order valence-corrected chi connectivity index (χ3v) is 5.20. The molecule has 8 heteroatoms. The summed E-state index contributed by atoms with van der Waals surface area (Å²) in [4.78, 5) is 25.8. The van der Waals surface area contributed by atoms with E-state index in [2.05, 4.69) is 5.32 Å². The zero-order chi connectivity index (χ0) is 23.3. The molecule has 0 radical (unpaired) electrons. The van der Waals surface area contributed by atoms with E-state index in [-0.39, 0.29) is 24.4 Å². The smallest absolute Gasteiger partial charge is 0.255 e. The Balaban J connectivity index is 2.03. The van der Waals surface area contributed by atoms with Crippen LogP contribution in [0.2, 0.25) is 0 Å². The van der Waals surface area contributed by atoms with Crippen LogP contribution in [0, 0.1) is 5.92 Å². The highest BCUT2D eigenvalue weighted by Crippen LogP contribution is 2.33. The Morgan fingerprint density at radius 3 is 2.66 bits per heavy atom. The molecule has 8 nitrogen and oxygen atoms in total. The average molecular weight is 446 g/mol. The maximum absolute atomic E-state index is 13.1. The summed E-state index contributed by atoms with van der Waals surface area (Å²) in [6, 6.07) is 3.42. The lowest BCUT2D eigenvalue weighted by atomic mass is 10.00. The average Bonchev–Trinajstić information content (AvgIpc) is 3.07. The van der Waals surface area contributed by atoms with Crippen molar-refractivity contribution in [3.63, 3.8) is 0 Å². The Bertz CT molecular complexity index is 906. The molecule has 2 aliphatic rings. The number of fused-ring (bicyclic) bond motifs is 2. The van der Waals surface area contributed by atoms with E-state index in [1.54, 1.807) is 45.2 Å². The van der Waals surface area contributed by atoms with E-state index in [0.717, 1.165) is 0 Å². The molecule has 0 bridgehead atoms. The van der Waals surface area contributed by atoms with Crippen molar-refractivity contribution >= 4 is 17.8 Å². The normalized spacial score (nSPS) is 26.5. The first-order valence-corrected chi connectivity index (χ1v) is 10.6. The van der Waals surface area contributed by atoms with Crippen molar-refractivity contribution in [3.05, 3.63) is 41.5 Å². The molecule has 0 spiro atoms. The van der Waals surface area contributed by atoms with Crippen LogP contribution in [0.3, 0.4) is 0 Å². The van der Waals surface area contributed by atoms with Gasteiger partial charge in [0.1, 0.15) is 17.6 Å². The van der Waals surface area contributed by atoms with E-state index in [1.165, 1.54) is 13.2 Å². The van der Waals surface area contributed by atoms with Gasteiger partial charge >= 0.3 is 0 Å². The maximum Gasteiger partial charge on any atom is 0.255 e. The Morgan fingerprint density at radius 2 is 1.94 bits per heavy atom. The second-order valence-corrected chi connectivity index (χ2v) is 8.32. The third-order valence-electron chi connectivity index (χ3n) is 5.20. The number of carbonyl (C=O) groups excluding carboxylic acids is 2. The van der Waals surface area contributed by atoms with Gasteiger partial charge < -0.3 is 29.0 Å². The van der Waals surface area contributed by atoms with E-state index in [1.807, 2.05) is 13.0 Å². The molecule has 2 heterocycles. The standard InChI is InChI=1S/C24H31NO7/c1-15-9-10-18(26)22-19(31-24(2,3)32-22)8-6-7-16-11-17(29-5)12-20(30-14-28-4)21(16)23(27)25-13-15/h6-7,9-12,15,19,22H,8,13-14H2,1-5H3,(H,25,27)/b7-6?,10-9-/t15-,19?,22?/m1/s1. The lowest BCUT2D eigenvalue weighted by Crippen LogP contribution is -2.31. The first-order chi connectivity index (χ1) is 15.2. The fraction of sp³-hybridized carbons (Fsp3) is 0.500. The molecule has 2 unspecified atom stereocenters. The van der Waals surface area contributed by atoms with Crippen molar-refractivity contribution in [1.29, 1.82) is 0 Å². The van der Waals surface area contributed by atoms with E-state index in [0.29, 0.717) is 35.6 Å². The van der Waals surface area contributed by atoms with Gasteiger partial charge in [-0.15, -0.1) is 0 Å². The number of hydrogen-bond donors (Lipinski definition) is 1. The van der Waals surface area contributed by atoms with Crippen LogP contribution in [0.1, 0.15) is 43.1 Å². The summed E-state index contributed by atoms with van der Waals surface area (Å²) in [5.41, 5.74) is 0.998. The highest BCUT2D eigenvalue weighted by Gasteiger charge is 2.43. The number of carbonyl (C=O) groups is 2. The lowest BCUT2D eigenvalue weighted by Gasteiger charge is -2.17. The van der Waals surface area contributed by atoms with Crippen LogP contribution in [-0.2, 0) is 19.0 Å². The summed E-state index contributed by atoms with van der Waals surface area (Å²) in [6.45, 7) is 5.83. The number of rotatable bonds is 4. The monoisotopic (exact) mass is 445 g/mol. The van der Waals surface area contributed by atoms with Crippen molar-refractivity contribution in [2.45, 2.75) is 45.2 Å². The molecule has 32 heavy (non-hydrogen) atoms. The van der Waals surface area contributed by atoms with Crippen molar-refractivity contribution in [2.24, 2.45) is 5.92 Å². The van der Waals surface area contributed by atoms with Gasteiger partial charge in [0.15, 0.2) is 18.4 Å². The third kappa shape index (κ3) is 5.76. The molecular formula is C24H31NO7. The quantitative estimate of drug-likeness (QED) is 0.712. The predicted molar refractivity (Wildman–Crippen MR) is 119 cm³/mol. The first-order valence-electron chi connectivity index (χ1n) is 10.6. The van der Waals surface area contributed by atoms with E-state index in [9.17, 15) is 9.59 Å². The van der Waals surface area contributed by atoms with Crippen LogP contribution in [-0.4, -0.2) is 57.2 Å². The van der Waals surface area contributed by atoms with E-state index < -0.39 is 18.0 Å². The largest absolute Gasteiger partial charge is 0.497 e. The van der Waals surface area contributed by atoms with Gasteiger partial charge in [-0.2, -0.15) is 0 Å². The van der Waals surface area contributed by atoms with Crippen LogP contribution in [0.25, 0.3) is 6.08 Å². The summed E-state index contributed by atoms with van der Waals surface area (Å²) >= 11 is 0. The molecule has 1 N–H and O–H groups in total. The molecule has 1 aromatic rings. The first kappa shape index (κ1) is 24.0. The molecule has 1 fully saturated rings. The van der Waals surface area contributed by atoms with Crippen LogP contribution in [0.4, 0.5) is 0 Å². The van der Waals surface area contributed by atoms with Crippen LogP contribution in [0.5, 0.6) is 11.5 Å². The minimum absolute atomic E-state index is 0.0120. The molecule has 1 amide bonds. The number of hydrogen-bond acceptors (Lipinski definition) is 7. The molecule has 2 aliphatic heterocycles. The van der Waals surface area contributed by atoms with Gasteiger partial charge in [-0.3, -0.25) is 9.59 Å².